The monoisotopic (exact) mass is 755 g/mol. The van der Waals surface area contributed by atoms with Crippen molar-refractivity contribution in [2.75, 3.05) is 0 Å². The maximum Gasteiger partial charge on any atom is 0.216 e. The molecule has 0 N–H and O–H groups in total. The number of nitrogens with zero attached hydrogens (tertiary/aromatic N) is 2. The van der Waals surface area contributed by atoms with Crippen LogP contribution in [-0.4, -0.2) is 21.3 Å². The average Bonchev–Trinajstić information content (AvgIpc) is 3.40. The Labute approximate surface area is 263 Å². The average molecular weight is 755 g/mol. The van der Waals surface area contributed by atoms with Crippen LogP contribution >= 0.6 is 7.14 Å². The molecule has 4 nitrogen and oxygen atoms in total. The Kier molecular flexibility index (Phi) is 10.1. The minimum absolute atomic E-state index is 0. The van der Waals surface area contributed by atoms with Crippen LogP contribution in [0.25, 0.3) is 33.3 Å². The van der Waals surface area contributed by atoms with Crippen molar-refractivity contribution in [2.24, 2.45) is 0 Å². The van der Waals surface area contributed by atoms with E-state index in [9.17, 15) is 4.57 Å². The van der Waals surface area contributed by atoms with Crippen molar-refractivity contribution in [2.45, 2.75) is 89.4 Å². The second-order valence-corrected chi connectivity index (χ2v) is 15.1. The van der Waals surface area contributed by atoms with Gasteiger partial charge in [0.25, 0.3) is 0 Å². The van der Waals surface area contributed by atoms with E-state index >= 15 is 0 Å². The summed E-state index contributed by atoms with van der Waals surface area (Å²) in [5.74, 6) is 0. The molecule has 3 aromatic heterocycles. The molecule has 0 saturated heterocycles. The van der Waals surface area contributed by atoms with Gasteiger partial charge in [-0.25, -0.2) is 4.98 Å². The van der Waals surface area contributed by atoms with E-state index in [0.29, 0.717) is 17.0 Å². The summed E-state index contributed by atoms with van der Waals surface area (Å²) in [6, 6.07) is 26.7. The van der Waals surface area contributed by atoms with E-state index in [1.165, 1.54) is 64.2 Å². The van der Waals surface area contributed by atoms with Gasteiger partial charge in [0.15, 0.2) is 0 Å². The van der Waals surface area contributed by atoms with Crippen molar-refractivity contribution >= 4 is 34.5 Å². The van der Waals surface area contributed by atoms with Gasteiger partial charge in [0.05, 0.1) is 12.7 Å². The molecule has 2 aromatic carbocycles. The summed E-state index contributed by atoms with van der Waals surface area (Å²) in [5, 5.41) is 3.13. The van der Waals surface area contributed by atoms with E-state index in [1.54, 1.807) is 0 Å². The summed E-state index contributed by atoms with van der Waals surface area (Å²) in [6.07, 6.45) is 14.3. The fourth-order valence-corrected chi connectivity index (χ4v) is 11.0. The molecule has 2 aliphatic carbocycles. The number of aromatic nitrogens is 2. The predicted octanol–water partition coefficient (Wildman–Crippen LogP) is 9.60. The Morgan fingerprint density at radius 3 is 2.12 bits per heavy atom. The number of aryl methyl sites for hydroxylation is 2. The zero-order valence-corrected chi connectivity index (χ0v) is 27.9. The van der Waals surface area contributed by atoms with Gasteiger partial charge in [0.2, 0.25) is 5.71 Å². The standard InChI is InChI=1S/C18H13N2O.C18H26OP.Ir/c1-11-6-9-16(19-10-11)15-5-3-4-13-14-8-7-12(2)20-18(14)21-17(13)15;19-20(16-10-4-1-5-11-16,17-12-6-2-7-13-17)18-14-8-3-9-15-18;/h3-4,6-10H,1-2H3;1,4-5,10,17-18H,2-3,6-9,12-15H2;/q2*-1;. The molecule has 6 heteroatoms. The van der Waals surface area contributed by atoms with Gasteiger partial charge < -0.3 is 14.0 Å². The molecule has 2 aliphatic rings. The Bertz CT molecular complexity index is 1630. The van der Waals surface area contributed by atoms with Crippen LogP contribution in [0.3, 0.4) is 0 Å². The minimum atomic E-state index is -2.28. The Hall–Kier alpha value is -2.58. The van der Waals surface area contributed by atoms with Gasteiger partial charge in [-0.3, -0.25) is 0 Å². The van der Waals surface area contributed by atoms with Crippen LogP contribution in [0.15, 0.2) is 71.3 Å². The first-order chi connectivity index (χ1) is 20.0. The number of furan rings is 1. The van der Waals surface area contributed by atoms with Crippen LogP contribution in [-0.2, 0) is 24.7 Å². The van der Waals surface area contributed by atoms with Gasteiger partial charge in [-0.05, 0) is 62.9 Å². The van der Waals surface area contributed by atoms with Crippen LogP contribution < -0.4 is 5.30 Å². The molecule has 7 rings (SSSR count). The maximum atomic E-state index is 14.1. The maximum absolute atomic E-state index is 14.1. The molecule has 3 heterocycles. The Morgan fingerprint density at radius 2 is 1.50 bits per heavy atom. The first-order valence-electron chi connectivity index (χ1n) is 15.2. The third-order valence-electron chi connectivity index (χ3n) is 8.91. The smallest absolute Gasteiger partial charge is 0.216 e. The molecule has 5 aromatic rings. The molecule has 2 fully saturated rings. The number of hydrogen-bond acceptors (Lipinski definition) is 4. The van der Waals surface area contributed by atoms with Crippen molar-refractivity contribution in [3.05, 3.63) is 90.3 Å². The van der Waals surface area contributed by atoms with Gasteiger partial charge in [0.1, 0.15) is 0 Å². The molecule has 1 radical (unpaired) electrons. The number of rotatable bonds is 4. The van der Waals surface area contributed by atoms with E-state index in [0.717, 1.165) is 44.2 Å². The van der Waals surface area contributed by atoms with E-state index < -0.39 is 7.14 Å². The molecule has 42 heavy (non-hydrogen) atoms. The number of benzene rings is 2. The molecule has 0 unspecified atom stereocenters. The van der Waals surface area contributed by atoms with Gasteiger partial charge in [-0.15, -0.1) is 23.5 Å². The van der Waals surface area contributed by atoms with E-state index in [-0.39, 0.29) is 20.1 Å². The van der Waals surface area contributed by atoms with Crippen LogP contribution in [0.2, 0.25) is 0 Å². The van der Waals surface area contributed by atoms with Gasteiger partial charge in [0, 0.05) is 48.7 Å². The number of pyridine rings is 2. The van der Waals surface area contributed by atoms with Crippen LogP contribution in [0.4, 0.5) is 0 Å². The first-order valence-corrected chi connectivity index (χ1v) is 17.1. The summed E-state index contributed by atoms with van der Waals surface area (Å²) in [6.45, 7) is 3.98. The molecule has 2 saturated carbocycles. The molecular formula is C36H39IrN2O2P-2. The predicted molar refractivity (Wildman–Crippen MR) is 169 cm³/mol. The molecule has 0 amide bonds. The van der Waals surface area contributed by atoms with Gasteiger partial charge in [-0.1, -0.05) is 61.6 Å². The second kappa shape index (κ2) is 13.8. The van der Waals surface area contributed by atoms with Crippen LogP contribution in [0.5, 0.6) is 0 Å². The topological polar surface area (TPSA) is 56.0 Å². The molecule has 0 aliphatic heterocycles. The Morgan fingerprint density at radius 1 is 0.786 bits per heavy atom. The number of hydrogen-bond donors (Lipinski definition) is 0. The summed E-state index contributed by atoms with van der Waals surface area (Å²) in [7, 11) is -2.28. The quantitative estimate of drug-likeness (QED) is 0.136. The third-order valence-corrected chi connectivity index (χ3v) is 13.1. The zero-order valence-electron chi connectivity index (χ0n) is 24.6. The first kappa shape index (κ1) is 30.9. The summed E-state index contributed by atoms with van der Waals surface area (Å²) < 4.78 is 20.1. The normalized spacial score (nSPS) is 16.5. The van der Waals surface area contributed by atoms with Crippen LogP contribution in [0.1, 0.15) is 75.5 Å². The second-order valence-electron chi connectivity index (χ2n) is 11.8. The van der Waals surface area contributed by atoms with Gasteiger partial charge in [-0.2, -0.15) is 30.3 Å². The summed E-state index contributed by atoms with van der Waals surface area (Å²) in [5.41, 5.74) is 6.16. The van der Waals surface area contributed by atoms with Crippen molar-refractivity contribution in [1.29, 1.82) is 0 Å². The summed E-state index contributed by atoms with van der Waals surface area (Å²) in [4.78, 5) is 8.94. The number of fused-ring (bicyclic) bond motifs is 3. The van der Waals surface area contributed by atoms with Gasteiger partial charge >= 0.3 is 0 Å². The third kappa shape index (κ3) is 6.35. The molecular weight excluding hydrogens is 716 g/mol. The van der Waals surface area contributed by atoms with E-state index in [1.807, 2.05) is 68.6 Å². The zero-order chi connectivity index (χ0) is 28.2. The molecule has 0 spiro atoms. The van der Waals surface area contributed by atoms with Crippen molar-refractivity contribution in [1.82, 2.24) is 9.97 Å². The van der Waals surface area contributed by atoms with Crippen LogP contribution in [0, 0.1) is 26.0 Å². The molecule has 221 valence electrons. The molecule has 0 bridgehead atoms. The summed E-state index contributed by atoms with van der Waals surface area (Å²) >= 11 is 0. The largest absolute Gasteiger partial charge is 0.486 e. The van der Waals surface area contributed by atoms with Crippen molar-refractivity contribution in [3.8, 4) is 11.3 Å². The van der Waals surface area contributed by atoms with Crippen molar-refractivity contribution in [3.63, 3.8) is 0 Å². The minimum Gasteiger partial charge on any atom is -0.486 e. The van der Waals surface area contributed by atoms with Crippen molar-refractivity contribution < 1.29 is 29.1 Å². The Balaban J connectivity index is 0.000000164. The SMILES string of the molecule is Cc1ccc(-c2[c-]ccc3c2oc2nc(C)ccc23)nc1.O=P(c1[c-]cccc1)(C1CCCCC1)C1CCCCC1.[Ir]. The fourth-order valence-electron chi connectivity index (χ4n) is 6.74. The fraction of sp³-hybridized carbons (Fsp3) is 0.389. The van der Waals surface area contributed by atoms with E-state index in [2.05, 4.69) is 34.2 Å². The molecule has 0 atom stereocenters. The van der Waals surface area contributed by atoms with E-state index in [4.69, 9.17) is 4.42 Å².